The summed E-state index contributed by atoms with van der Waals surface area (Å²) in [5.74, 6) is 2.86. The summed E-state index contributed by atoms with van der Waals surface area (Å²) in [6.07, 6.45) is 7.56. The molecule has 0 unspecified atom stereocenters. The third-order valence-electron chi connectivity index (χ3n) is 5.86. The molecule has 0 amide bonds. The Morgan fingerprint density at radius 1 is 1.04 bits per heavy atom. The van der Waals surface area contributed by atoms with Crippen LogP contribution in [0.1, 0.15) is 62.9 Å². The van der Waals surface area contributed by atoms with Gasteiger partial charge in [-0.2, -0.15) is 0 Å². The predicted molar refractivity (Wildman–Crippen MR) is 108 cm³/mol. The third kappa shape index (κ3) is 3.55. The summed E-state index contributed by atoms with van der Waals surface area (Å²) < 4.78 is 0. The number of rotatable bonds is 3. The van der Waals surface area contributed by atoms with Crippen LogP contribution in [0.25, 0.3) is 0 Å². The van der Waals surface area contributed by atoms with Gasteiger partial charge in [0.05, 0.1) is 0 Å². The molecule has 0 bridgehead atoms. The van der Waals surface area contributed by atoms with Crippen LogP contribution in [0.5, 0.6) is 0 Å². The molecule has 4 heteroatoms. The molecule has 1 aliphatic carbocycles. The number of nitrogens with zero attached hydrogens (tertiary/aromatic N) is 3. The monoisotopic (exact) mass is 350 g/mol. The first-order valence-corrected chi connectivity index (χ1v) is 9.98. The van der Waals surface area contributed by atoms with Crippen molar-refractivity contribution < 1.29 is 0 Å². The van der Waals surface area contributed by atoms with Gasteiger partial charge < -0.3 is 10.2 Å². The second kappa shape index (κ2) is 6.90. The fourth-order valence-corrected chi connectivity index (χ4v) is 4.44. The summed E-state index contributed by atoms with van der Waals surface area (Å²) in [6, 6.07) is 11.5. The van der Waals surface area contributed by atoms with E-state index >= 15 is 0 Å². The van der Waals surface area contributed by atoms with Crippen molar-refractivity contribution in [3.8, 4) is 0 Å². The lowest BCUT2D eigenvalue weighted by Crippen LogP contribution is -2.49. The van der Waals surface area contributed by atoms with Gasteiger partial charge in [-0.1, -0.05) is 43.5 Å². The van der Waals surface area contributed by atoms with Crippen LogP contribution >= 0.6 is 0 Å². The Kier molecular flexibility index (Phi) is 4.60. The summed E-state index contributed by atoms with van der Waals surface area (Å²) in [7, 11) is 0. The molecular weight excluding hydrogens is 320 g/mol. The van der Waals surface area contributed by atoms with Gasteiger partial charge in [0.1, 0.15) is 17.5 Å². The fraction of sp³-hybridized carbons (Fsp3) is 0.545. The van der Waals surface area contributed by atoms with Crippen LogP contribution in [0.15, 0.2) is 30.3 Å². The summed E-state index contributed by atoms with van der Waals surface area (Å²) in [5.41, 5.74) is 2.90. The minimum absolute atomic E-state index is 0.0389. The standard InChI is InChI=1S/C22H30N4/c1-16-23-20(25-19-11-5-4-6-12-19)13-21(24-16)26-15-18-10-8-7-9-17(18)14-22(26,2)3/h7-10,13,19H,4-6,11-12,14-15H2,1-3H3,(H,23,24,25). The molecule has 2 aromatic rings. The Bertz CT molecular complexity index is 777. The van der Waals surface area contributed by atoms with E-state index in [1.165, 1.54) is 43.2 Å². The molecule has 1 aromatic carbocycles. The highest BCUT2D eigenvalue weighted by atomic mass is 15.3. The maximum absolute atomic E-state index is 4.79. The molecule has 0 radical (unpaired) electrons. The van der Waals surface area contributed by atoms with Crippen molar-refractivity contribution in [2.75, 3.05) is 10.2 Å². The van der Waals surface area contributed by atoms with Crippen LogP contribution in [0, 0.1) is 6.92 Å². The number of benzene rings is 1. The number of fused-ring (bicyclic) bond motifs is 1. The van der Waals surface area contributed by atoms with Crippen LogP contribution in [0.2, 0.25) is 0 Å². The summed E-state index contributed by atoms with van der Waals surface area (Å²) in [4.78, 5) is 11.9. The van der Waals surface area contributed by atoms with Crippen molar-refractivity contribution >= 4 is 11.6 Å². The van der Waals surface area contributed by atoms with Gasteiger partial charge in [0.15, 0.2) is 0 Å². The molecule has 138 valence electrons. The van der Waals surface area contributed by atoms with Crippen molar-refractivity contribution in [1.29, 1.82) is 0 Å². The highest BCUT2D eigenvalue weighted by Gasteiger charge is 2.33. The molecule has 1 aromatic heterocycles. The van der Waals surface area contributed by atoms with Crippen LogP contribution < -0.4 is 10.2 Å². The Labute approximate surface area is 157 Å². The van der Waals surface area contributed by atoms with Crippen LogP contribution in [0.3, 0.4) is 0 Å². The zero-order chi connectivity index (χ0) is 18.1. The van der Waals surface area contributed by atoms with Crippen molar-refractivity contribution in [1.82, 2.24) is 9.97 Å². The zero-order valence-corrected chi connectivity index (χ0v) is 16.3. The van der Waals surface area contributed by atoms with Gasteiger partial charge >= 0.3 is 0 Å². The molecule has 2 heterocycles. The molecular formula is C22H30N4. The number of aryl methyl sites for hydroxylation is 1. The van der Waals surface area contributed by atoms with E-state index in [0.29, 0.717) is 6.04 Å². The molecule has 0 saturated heterocycles. The molecule has 4 rings (SSSR count). The van der Waals surface area contributed by atoms with E-state index in [-0.39, 0.29) is 5.54 Å². The number of nitrogens with one attached hydrogen (secondary N) is 1. The Morgan fingerprint density at radius 2 is 1.77 bits per heavy atom. The van der Waals surface area contributed by atoms with E-state index in [9.17, 15) is 0 Å². The minimum atomic E-state index is 0.0389. The lowest BCUT2D eigenvalue weighted by Gasteiger charge is -2.44. The predicted octanol–water partition coefficient (Wildman–Crippen LogP) is 4.87. The first-order chi connectivity index (χ1) is 12.5. The van der Waals surface area contributed by atoms with E-state index in [1.54, 1.807) is 0 Å². The van der Waals surface area contributed by atoms with E-state index < -0.39 is 0 Å². The number of hydrogen-bond acceptors (Lipinski definition) is 4. The summed E-state index contributed by atoms with van der Waals surface area (Å²) in [6.45, 7) is 7.53. The average molecular weight is 351 g/mol. The van der Waals surface area contributed by atoms with Crippen molar-refractivity contribution in [3.63, 3.8) is 0 Å². The lowest BCUT2D eigenvalue weighted by atomic mass is 9.85. The van der Waals surface area contributed by atoms with Gasteiger partial charge in [-0.15, -0.1) is 0 Å². The molecule has 1 N–H and O–H groups in total. The molecule has 4 nitrogen and oxygen atoms in total. The number of hydrogen-bond donors (Lipinski definition) is 1. The molecule has 0 atom stereocenters. The second-order valence-electron chi connectivity index (χ2n) is 8.48. The fourth-order valence-electron chi connectivity index (χ4n) is 4.44. The van der Waals surface area contributed by atoms with Gasteiger partial charge in [-0.05, 0) is 51.2 Å². The number of aromatic nitrogens is 2. The molecule has 1 fully saturated rings. The summed E-state index contributed by atoms with van der Waals surface area (Å²) >= 11 is 0. The van der Waals surface area contributed by atoms with Crippen molar-refractivity contribution in [2.24, 2.45) is 0 Å². The van der Waals surface area contributed by atoms with Gasteiger partial charge in [0.2, 0.25) is 0 Å². The van der Waals surface area contributed by atoms with Crippen LogP contribution in [0.4, 0.5) is 11.6 Å². The van der Waals surface area contributed by atoms with Gasteiger partial charge in [-0.25, -0.2) is 9.97 Å². The van der Waals surface area contributed by atoms with E-state index in [2.05, 4.69) is 59.4 Å². The SMILES string of the molecule is Cc1nc(NC2CCCCC2)cc(N2Cc3ccccc3CC2(C)C)n1. The van der Waals surface area contributed by atoms with Gasteiger partial charge in [0, 0.05) is 24.2 Å². The molecule has 26 heavy (non-hydrogen) atoms. The summed E-state index contributed by atoms with van der Waals surface area (Å²) in [5, 5.41) is 3.67. The Morgan fingerprint density at radius 3 is 2.54 bits per heavy atom. The first-order valence-electron chi connectivity index (χ1n) is 9.98. The second-order valence-corrected chi connectivity index (χ2v) is 8.48. The van der Waals surface area contributed by atoms with E-state index in [0.717, 1.165) is 30.4 Å². The number of anilines is 2. The van der Waals surface area contributed by atoms with E-state index in [4.69, 9.17) is 4.98 Å². The van der Waals surface area contributed by atoms with Crippen LogP contribution in [-0.4, -0.2) is 21.5 Å². The topological polar surface area (TPSA) is 41.1 Å². The Hall–Kier alpha value is -2.10. The highest BCUT2D eigenvalue weighted by molar-refractivity contribution is 5.54. The zero-order valence-electron chi connectivity index (χ0n) is 16.3. The van der Waals surface area contributed by atoms with Crippen molar-refractivity contribution in [3.05, 3.63) is 47.3 Å². The van der Waals surface area contributed by atoms with Crippen LogP contribution in [-0.2, 0) is 13.0 Å². The van der Waals surface area contributed by atoms with Gasteiger partial charge in [-0.3, -0.25) is 0 Å². The molecule has 1 saturated carbocycles. The normalized spacial score (nSPS) is 19.9. The first kappa shape index (κ1) is 17.3. The smallest absolute Gasteiger partial charge is 0.135 e. The quantitative estimate of drug-likeness (QED) is 0.857. The maximum Gasteiger partial charge on any atom is 0.135 e. The molecule has 1 aliphatic heterocycles. The highest BCUT2D eigenvalue weighted by Crippen LogP contribution is 2.35. The average Bonchev–Trinajstić information content (AvgIpc) is 2.60. The van der Waals surface area contributed by atoms with E-state index in [1.807, 2.05) is 6.92 Å². The van der Waals surface area contributed by atoms with Gasteiger partial charge in [0.25, 0.3) is 0 Å². The van der Waals surface area contributed by atoms with Crippen molar-refractivity contribution in [2.45, 2.75) is 77.4 Å². The minimum Gasteiger partial charge on any atom is -0.367 e. The lowest BCUT2D eigenvalue weighted by molar-refractivity contribution is 0.427. The third-order valence-corrected chi connectivity index (χ3v) is 5.86. The molecule has 2 aliphatic rings. The Balaban J connectivity index is 1.62. The maximum atomic E-state index is 4.79. The molecule has 0 spiro atoms. The largest absolute Gasteiger partial charge is 0.367 e.